The highest BCUT2D eigenvalue weighted by atomic mass is 16.2. The first kappa shape index (κ1) is 16.7. The van der Waals surface area contributed by atoms with E-state index in [-0.39, 0.29) is 18.4 Å². The number of hydrogen-bond donors (Lipinski definition) is 1. The SMILES string of the molecule is CN(C)C(=O)CNC(=O)CCCn1cc(-c2ccccc2)cn1. The Morgan fingerprint density at radius 2 is 1.91 bits per heavy atom. The number of aryl methyl sites for hydroxylation is 1. The molecule has 1 aromatic heterocycles. The molecule has 23 heavy (non-hydrogen) atoms. The minimum atomic E-state index is -0.115. The molecular weight excluding hydrogens is 292 g/mol. The molecule has 2 aromatic rings. The van der Waals surface area contributed by atoms with Gasteiger partial charge in [0.25, 0.3) is 0 Å². The van der Waals surface area contributed by atoms with Gasteiger partial charge in [-0.2, -0.15) is 5.10 Å². The average molecular weight is 314 g/mol. The van der Waals surface area contributed by atoms with E-state index in [1.165, 1.54) is 4.90 Å². The number of hydrogen-bond acceptors (Lipinski definition) is 3. The number of likely N-dealkylation sites (N-methyl/N-ethyl adjacent to an activating group) is 1. The van der Waals surface area contributed by atoms with Crippen LogP contribution >= 0.6 is 0 Å². The zero-order chi connectivity index (χ0) is 16.7. The summed E-state index contributed by atoms with van der Waals surface area (Å²) in [6.45, 7) is 0.716. The summed E-state index contributed by atoms with van der Waals surface area (Å²) in [6.07, 6.45) is 4.85. The van der Waals surface area contributed by atoms with Crippen molar-refractivity contribution in [1.29, 1.82) is 0 Å². The van der Waals surface area contributed by atoms with Crippen molar-refractivity contribution in [3.8, 4) is 11.1 Å². The van der Waals surface area contributed by atoms with Crippen LogP contribution in [0.3, 0.4) is 0 Å². The molecule has 0 saturated carbocycles. The van der Waals surface area contributed by atoms with Crippen LogP contribution in [-0.2, 0) is 16.1 Å². The number of rotatable bonds is 7. The van der Waals surface area contributed by atoms with Crippen molar-refractivity contribution in [1.82, 2.24) is 20.0 Å². The van der Waals surface area contributed by atoms with Crippen LogP contribution in [-0.4, -0.2) is 47.1 Å². The van der Waals surface area contributed by atoms with Crippen molar-refractivity contribution in [3.05, 3.63) is 42.7 Å². The Balaban J connectivity index is 1.74. The van der Waals surface area contributed by atoms with Gasteiger partial charge in [0.2, 0.25) is 11.8 Å². The zero-order valence-electron chi connectivity index (χ0n) is 13.5. The normalized spacial score (nSPS) is 10.3. The predicted molar refractivity (Wildman–Crippen MR) is 88.6 cm³/mol. The fourth-order valence-electron chi connectivity index (χ4n) is 2.09. The number of benzene rings is 1. The number of aromatic nitrogens is 2. The van der Waals surface area contributed by atoms with Gasteiger partial charge in [0.05, 0.1) is 12.7 Å². The van der Waals surface area contributed by atoms with Crippen LogP contribution in [0.25, 0.3) is 11.1 Å². The molecule has 0 spiro atoms. The monoisotopic (exact) mass is 314 g/mol. The molecule has 0 atom stereocenters. The van der Waals surface area contributed by atoms with Gasteiger partial charge in [0.1, 0.15) is 0 Å². The van der Waals surface area contributed by atoms with Gasteiger partial charge in [-0.25, -0.2) is 0 Å². The molecule has 0 radical (unpaired) electrons. The van der Waals surface area contributed by atoms with E-state index >= 15 is 0 Å². The number of amides is 2. The van der Waals surface area contributed by atoms with E-state index in [2.05, 4.69) is 10.4 Å². The summed E-state index contributed by atoms with van der Waals surface area (Å²) in [5.74, 6) is -0.228. The van der Waals surface area contributed by atoms with Crippen molar-refractivity contribution in [2.24, 2.45) is 0 Å². The van der Waals surface area contributed by atoms with Crippen molar-refractivity contribution in [2.75, 3.05) is 20.6 Å². The van der Waals surface area contributed by atoms with Crippen molar-refractivity contribution >= 4 is 11.8 Å². The second-order valence-electron chi connectivity index (χ2n) is 5.53. The van der Waals surface area contributed by atoms with Gasteiger partial charge >= 0.3 is 0 Å². The first-order valence-corrected chi connectivity index (χ1v) is 7.61. The van der Waals surface area contributed by atoms with Crippen LogP contribution in [0, 0.1) is 0 Å². The fourth-order valence-corrected chi connectivity index (χ4v) is 2.09. The van der Waals surface area contributed by atoms with Crippen molar-refractivity contribution in [3.63, 3.8) is 0 Å². The molecule has 1 aromatic carbocycles. The summed E-state index contributed by atoms with van der Waals surface area (Å²) in [4.78, 5) is 24.5. The quantitative estimate of drug-likeness (QED) is 0.843. The maximum absolute atomic E-state index is 11.7. The molecule has 0 unspecified atom stereocenters. The fraction of sp³-hybridized carbons (Fsp3) is 0.353. The van der Waals surface area contributed by atoms with Crippen LogP contribution in [0.5, 0.6) is 0 Å². The summed E-state index contributed by atoms with van der Waals surface area (Å²) >= 11 is 0. The molecule has 2 amide bonds. The van der Waals surface area contributed by atoms with Crippen molar-refractivity contribution in [2.45, 2.75) is 19.4 Å². The molecule has 2 rings (SSSR count). The average Bonchev–Trinajstić information content (AvgIpc) is 3.02. The lowest BCUT2D eigenvalue weighted by molar-refractivity contribution is -0.130. The third-order valence-corrected chi connectivity index (χ3v) is 3.47. The topological polar surface area (TPSA) is 67.2 Å². The highest BCUT2D eigenvalue weighted by Crippen LogP contribution is 2.17. The molecule has 6 heteroatoms. The van der Waals surface area contributed by atoms with E-state index in [4.69, 9.17) is 0 Å². The Labute approximate surface area is 136 Å². The maximum atomic E-state index is 11.7. The lowest BCUT2D eigenvalue weighted by atomic mass is 10.1. The predicted octanol–water partition coefficient (Wildman–Crippen LogP) is 1.53. The number of carbonyl (C=O) groups excluding carboxylic acids is 2. The van der Waals surface area contributed by atoms with Crippen LogP contribution < -0.4 is 5.32 Å². The first-order valence-electron chi connectivity index (χ1n) is 7.61. The zero-order valence-corrected chi connectivity index (χ0v) is 13.5. The van der Waals surface area contributed by atoms with Gasteiger partial charge in [-0.3, -0.25) is 14.3 Å². The van der Waals surface area contributed by atoms with E-state index in [1.807, 2.05) is 47.4 Å². The lowest BCUT2D eigenvalue weighted by Crippen LogP contribution is -2.36. The van der Waals surface area contributed by atoms with E-state index < -0.39 is 0 Å². The molecule has 6 nitrogen and oxygen atoms in total. The lowest BCUT2D eigenvalue weighted by Gasteiger charge is -2.10. The number of carbonyl (C=O) groups is 2. The molecule has 122 valence electrons. The van der Waals surface area contributed by atoms with E-state index in [0.717, 1.165) is 11.1 Å². The Bertz CT molecular complexity index is 650. The Kier molecular flexibility index (Phi) is 5.91. The molecule has 0 bridgehead atoms. The third kappa shape index (κ3) is 5.25. The van der Waals surface area contributed by atoms with Crippen LogP contribution in [0.2, 0.25) is 0 Å². The number of nitrogens with zero attached hydrogens (tertiary/aromatic N) is 3. The highest BCUT2D eigenvalue weighted by molar-refractivity contribution is 5.84. The molecule has 1 N–H and O–H groups in total. The Morgan fingerprint density at radius 3 is 2.61 bits per heavy atom. The second-order valence-corrected chi connectivity index (χ2v) is 5.53. The molecule has 0 fully saturated rings. The van der Waals surface area contributed by atoms with Gasteiger partial charge in [-0.1, -0.05) is 30.3 Å². The van der Waals surface area contributed by atoms with Crippen molar-refractivity contribution < 1.29 is 9.59 Å². The van der Waals surface area contributed by atoms with E-state index in [1.54, 1.807) is 14.1 Å². The second kappa shape index (κ2) is 8.12. The summed E-state index contributed by atoms with van der Waals surface area (Å²) in [5.41, 5.74) is 2.19. The van der Waals surface area contributed by atoms with E-state index in [9.17, 15) is 9.59 Å². The van der Waals surface area contributed by atoms with Gasteiger partial charge < -0.3 is 10.2 Å². The van der Waals surface area contributed by atoms with Gasteiger partial charge in [0.15, 0.2) is 0 Å². The Morgan fingerprint density at radius 1 is 1.17 bits per heavy atom. The maximum Gasteiger partial charge on any atom is 0.241 e. The standard InChI is InChI=1S/C17H22N4O2/c1-20(2)17(23)12-18-16(22)9-6-10-21-13-15(11-19-21)14-7-4-3-5-8-14/h3-5,7-8,11,13H,6,9-10,12H2,1-2H3,(H,18,22). The Hall–Kier alpha value is -2.63. The molecule has 0 aliphatic heterocycles. The summed E-state index contributed by atoms with van der Waals surface area (Å²) < 4.78 is 1.83. The summed E-state index contributed by atoms with van der Waals surface area (Å²) in [6, 6.07) is 10.0. The molecule has 1 heterocycles. The molecule has 0 aliphatic carbocycles. The molecule has 0 aliphatic rings. The molecule has 0 saturated heterocycles. The molecular formula is C17H22N4O2. The summed E-state index contributed by atoms with van der Waals surface area (Å²) in [5, 5.41) is 6.93. The van der Waals surface area contributed by atoms with Crippen LogP contribution in [0.4, 0.5) is 0 Å². The van der Waals surface area contributed by atoms with Crippen LogP contribution in [0.1, 0.15) is 12.8 Å². The van der Waals surface area contributed by atoms with Crippen LogP contribution in [0.15, 0.2) is 42.7 Å². The van der Waals surface area contributed by atoms with E-state index in [0.29, 0.717) is 19.4 Å². The third-order valence-electron chi connectivity index (χ3n) is 3.47. The first-order chi connectivity index (χ1) is 11.1. The van der Waals surface area contributed by atoms with Gasteiger partial charge in [0, 0.05) is 38.8 Å². The van der Waals surface area contributed by atoms with Gasteiger partial charge in [-0.05, 0) is 12.0 Å². The largest absolute Gasteiger partial charge is 0.347 e. The minimum Gasteiger partial charge on any atom is -0.347 e. The highest BCUT2D eigenvalue weighted by Gasteiger charge is 2.07. The minimum absolute atomic E-state index is 0.0474. The summed E-state index contributed by atoms with van der Waals surface area (Å²) in [7, 11) is 3.33. The number of nitrogens with one attached hydrogen (secondary N) is 1. The van der Waals surface area contributed by atoms with Gasteiger partial charge in [-0.15, -0.1) is 0 Å². The smallest absolute Gasteiger partial charge is 0.241 e.